The van der Waals surface area contributed by atoms with Crippen molar-refractivity contribution in [3.8, 4) is 0 Å². The molecule has 3 N–H and O–H groups in total. The van der Waals surface area contributed by atoms with E-state index in [1.165, 1.54) is 0 Å². The van der Waals surface area contributed by atoms with Gasteiger partial charge in [0.25, 0.3) is 0 Å². The highest BCUT2D eigenvalue weighted by atomic mass is 14.8. The van der Waals surface area contributed by atoms with Crippen molar-refractivity contribution in [2.24, 2.45) is 5.73 Å². The van der Waals surface area contributed by atoms with Crippen LogP contribution in [0.3, 0.4) is 0 Å². The van der Waals surface area contributed by atoms with E-state index < -0.39 is 0 Å². The molecule has 0 radical (unpaired) electrons. The Morgan fingerprint density at radius 3 is 2.90 bits per heavy atom. The fourth-order valence-electron chi connectivity index (χ4n) is 0.829. The maximum Gasteiger partial charge on any atom is 0.0300 e. The number of hydrogen-bond donors (Lipinski definition) is 2. The van der Waals surface area contributed by atoms with E-state index in [-0.39, 0.29) is 0 Å². The normalized spacial score (nSPS) is 17.3. The van der Waals surface area contributed by atoms with Crippen LogP contribution in [0, 0.1) is 0 Å². The minimum absolute atomic E-state index is 0.835. The van der Waals surface area contributed by atoms with Crippen molar-refractivity contribution in [2.75, 3.05) is 7.05 Å². The molecule has 0 amide bonds. The van der Waals surface area contributed by atoms with Crippen LogP contribution in [-0.2, 0) is 0 Å². The summed E-state index contributed by atoms with van der Waals surface area (Å²) >= 11 is 0. The molecule has 0 aliphatic heterocycles. The van der Waals surface area contributed by atoms with E-state index in [1.54, 1.807) is 0 Å². The second-order valence-electron chi connectivity index (χ2n) is 2.18. The second-order valence-corrected chi connectivity index (χ2v) is 2.18. The smallest absolute Gasteiger partial charge is 0.0300 e. The lowest BCUT2D eigenvalue weighted by atomic mass is 10.3. The Bertz CT molecular complexity index is 199. The van der Waals surface area contributed by atoms with Gasteiger partial charge in [0.15, 0.2) is 0 Å². The zero-order chi connectivity index (χ0) is 7.40. The Labute approximate surface area is 61.1 Å². The van der Waals surface area contributed by atoms with Gasteiger partial charge in [-0.2, -0.15) is 0 Å². The molecule has 0 atom stereocenters. The average molecular weight is 136 g/mol. The van der Waals surface area contributed by atoms with E-state index in [2.05, 4.69) is 11.4 Å². The molecule has 1 rings (SSSR count). The maximum atomic E-state index is 5.56. The first-order valence-electron chi connectivity index (χ1n) is 3.34. The highest BCUT2D eigenvalue weighted by molar-refractivity contribution is 5.29. The van der Waals surface area contributed by atoms with Crippen molar-refractivity contribution in [3.05, 3.63) is 35.7 Å². The van der Waals surface area contributed by atoms with E-state index in [4.69, 9.17) is 5.73 Å². The summed E-state index contributed by atoms with van der Waals surface area (Å²) in [5.41, 5.74) is 7.52. The van der Waals surface area contributed by atoms with Gasteiger partial charge in [-0.15, -0.1) is 0 Å². The third-order valence-electron chi connectivity index (χ3n) is 1.44. The van der Waals surface area contributed by atoms with Gasteiger partial charge in [-0.3, -0.25) is 0 Å². The molecule has 2 nitrogen and oxygen atoms in total. The van der Waals surface area contributed by atoms with Crippen LogP contribution >= 0.6 is 0 Å². The molecule has 1 aliphatic rings. The van der Waals surface area contributed by atoms with Crippen LogP contribution < -0.4 is 11.1 Å². The summed E-state index contributed by atoms with van der Waals surface area (Å²) < 4.78 is 0. The summed E-state index contributed by atoms with van der Waals surface area (Å²) in [5, 5.41) is 3.05. The van der Waals surface area contributed by atoms with Gasteiger partial charge in [0, 0.05) is 18.4 Å². The predicted octanol–water partition coefficient (Wildman–Crippen LogP) is 0.892. The van der Waals surface area contributed by atoms with Crippen LogP contribution in [0.15, 0.2) is 35.7 Å². The standard InChI is InChI=1S/C8H12N2/c1-10-8-4-2-3-7(9)5-6-8/h3-6,10H,2,9H2,1H3. The number of allylic oxidation sites excluding steroid dienone is 4. The van der Waals surface area contributed by atoms with Gasteiger partial charge in [-0.25, -0.2) is 0 Å². The van der Waals surface area contributed by atoms with Gasteiger partial charge in [0.05, 0.1) is 0 Å². The van der Waals surface area contributed by atoms with Crippen LogP contribution in [-0.4, -0.2) is 7.05 Å². The fourth-order valence-corrected chi connectivity index (χ4v) is 0.829. The van der Waals surface area contributed by atoms with Crippen molar-refractivity contribution < 1.29 is 0 Å². The quantitative estimate of drug-likeness (QED) is 0.562. The molecule has 54 valence electrons. The van der Waals surface area contributed by atoms with E-state index in [1.807, 2.05) is 25.3 Å². The minimum Gasteiger partial charge on any atom is -0.399 e. The van der Waals surface area contributed by atoms with Gasteiger partial charge in [-0.1, -0.05) is 12.2 Å². The number of likely N-dealkylation sites (N-methyl/N-ethyl adjacent to an activating group) is 1. The lowest BCUT2D eigenvalue weighted by molar-refractivity contribution is 1.02. The van der Waals surface area contributed by atoms with Crippen molar-refractivity contribution in [1.29, 1.82) is 0 Å². The third kappa shape index (κ3) is 1.65. The Hall–Kier alpha value is -1.18. The van der Waals surface area contributed by atoms with E-state index in [9.17, 15) is 0 Å². The van der Waals surface area contributed by atoms with Crippen molar-refractivity contribution >= 4 is 0 Å². The maximum absolute atomic E-state index is 5.56. The zero-order valence-electron chi connectivity index (χ0n) is 6.09. The van der Waals surface area contributed by atoms with Gasteiger partial charge in [0.1, 0.15) is 0 Å². The first-order chi connectivity index (χ1) is 4.83. The molecule has 0 aromatic heterocycles. The third-order valence-corrected chi connectivity index (χ3v) is 1.44. The molecule has 0 bridgehead atoms. The molecule has 1 aliphatic carbocycles. The highest BCUT2D eigenvalue weighted by Crippen LogP contribution is 2.03. The summed E-state index contributed by atoms with van der Waals surface area (Å²) in [4.78, 5) is 0. The average Bonchev–Trinajstić information content (AvgIpc) is 2.14. The summed E-state index contributed by atoms with van der Waals surface area (Å²) in [7, 11) is 1.90. The monoisotopic (exact) mass is 136 g/mol. The SMILES string of the molecule is CNC1=CCC=C(N)C=C1. The van der Waals surface area contributed by atoms with Crippen LogP contribution in [0.25, 0.3) is 0 Å². The van der Waals surface area contributed by atoms with E-state index in [0.29, 0.717) is 0 Å². The van der Waals surface area contributed by atoms with Gasteiger partial charge in [0.2, 0.25) is 0 Å². The molecule has 0 saturated heterocycles. The van der Waals surface area contributed by atoms with E-state index in [0.717, 1.165) is 17.8 Å². The Morgan fingerprint density at radius 1 is 1.40 bits per heavy atom. The van der Waals surface area contributed by atoms with Crippen LogP contribution in [0.4, 0.5) is 0 Å². The Balaban J connectivity index is 2.69. The highest BCUT2D eigenvalue weighted by Gasteiger charge is 1.91. The Kier molecular flexibility index (Phi) is 2.15. The zero-order valence-corrected chi connectivity index (χ0v) is 6.09. The van der Waals surface area contributed by atoms with Crippen LogP contribution in [0.2, 0.25) is 0 Å². The molecule has 2 heteroatoms. The molecular weight excluding hydrogens is 124 g/mol. The summed E-state index contributed by atoms with van der Waals surface area (Å²) in [6.07, 6.45) is 8.86. The molecule has 10 heavy (non-hydrogen) atoms. The minimum atomic E-state index is 0.835. The molecular formula is C8H12N2. The van der Waals surface area contributed by atoms with Crippen LogP contribution in [0.5, 0.6) is 0 Å². The topological polar surface area (TPSA) is 38.0 Å². The number of nitrogens with two attached hydrogens (primary N) is 1. The summed E-state index contributed by atoms with van der Waals surface area (Å²) in [6, 6.07) is 0. The van der Waals surface area contributed by atoms with Crippen molar-refractivity contribution in [3.63, 3.8) is 0 Å². The number of rotatable bonds is 1. The van der Waals surface area contributed by atoms with Gasteiger partial charge in [-0.05, 0) is 18.6 Å². The molecule has 0 fully saturated rings. The predicted molar refractivity (Wildman–Crippen MR) is 43.2 cm³/mol. The molecule has 0 heterocycles. The number of hydrogen-bond acceptors (Lipinski definition) is 2. The van der Waals surface area contributed by atoms with Crippen molar-refractivity contribution in [1.82, 2.24) is 5.32 Å². The van der Waals surface area contributed by atoms with Crippen LogP contribution in [0.1, 0.15) is 6.42 Å². The molecule has 0 spiro atoms. The lowest BCUT2D eigenvalue weighted by Gasteiger charge is -1.95. The van der Waals surface area contributed by atoms with E-state index >= 15 is 0 Å². The lowest BCUT2D eigenvalue weighted by Crippen LogP contribution is -2.02. The van der Waals surface area contributed by atoms with Crippen molar-refractivity contribution in [2.45, 2.75) is 6.42 Å². The largest absolute Gasteiger partial charge is 0.399 e. The second kappa shape index (κ2) is 3.11. The van der Waals surface area contributed by atoms with Gasteiger partial charge < -0.3 is 11.1 Å². The van der Waals surface area contributed by atoms with Gasteiger partial charge >= 0.3 is 0 Å². The fraction of sp³-hybridized carbons (Fsp3) is 0.250. The molecule has 0 unspecified atom stereocenters. The molecule has 0 saturated carbocycles. The summed E-state index contributed by atoms with van der Waals surface area (Å²) in [6.45, 7) is 0. The molecule has 0 aromatic carbocycles. The number of nitrogens with one attached hydrogen (secondary N) is 1. The first kappa shape index (κ1) is 6.93. The Morgan fingerprint density at radius 2 is 2.20 bits per heavy atom. The first-order valence-corrected chi connectivity index (χ1v) is 3.34. The molecule has 0 aromatic rings. The summed E-state index contributed by atoms with van der Waals surface area (Å²) in [5.74, 6) is 0.